The van der Waals surface area contributed by atoms with Crippen LogP contribution in [0.5, 0.6) is 11.5 Å². The lowest BCUT2D eigenvalue weighted by Gasteiger charge is -2.32. The molecule has 0 bridgehead atoms. The van der Waals surface area contributed by atoms with Gasteiger partial charge in [-0.2, -0.15) is 23.5 Å². The van der Waals surface area contributed by atoms with Crippen molar-refractivity contribution in [2.45, 2.75) is 23.5 Å². The molecular weight excluding hydrogens is 280 g/mol. The number of aliphatic hydroxyl groups is 1. The van der Waals surface area contributed by atoms with Crippen molar-refractivity contribution in [3.63, 3.8) is 0 Å². The van der Waals surface area contributed by atoms with Crippen molar-refractivity contribution in [1.29, 1.82) is 0 Å². The third kappa shape index (κ3) is 3.33. The molecule has 0 spiro atoms. The summed E-state index contributed by atoms with van der Waals surface area (Å²) in [7, 11) is 3.26. The van der Waals surface area contributed by atoms with Crippen molar-refractivity contribution in [3.05, 3.63) is 23.8 Å². The molecule has 1 saturated heterocycles. The van der Waals surface area contributed by atoms with E-state index in [4.69, 9.17) is 9.47 Å². The highest BCUT2D eigenvalue weighted by Gasteiger charge is 2.31. The molecule has 1 aliphatic rings. The molecule has 1 fully saturated rings. The quantitative estimate of drug-likeness (QED) is 0.925. The molecular formula is C14H20O3S2. The largest absolute Gasteiger partial charge is 0.497 e. The zero-order chi connectivity index (χ0) is 13.8. The van der Waals surface area contributed by atoms with Gasteiger partial charge in [-0.15, -0.1) is 0 Å². The molecule has 5 heteroatoms. The van der Waals surface area contributed by atoms with Crippen LogP contribution in [0.25, 0.3) is 0 Å². The van der Waals surface area contributed by atoms with E-state index in [1.807, 2.05) is 41.7 Å². The van der Waals surface area contributed by atoms with Crippen molar-refractivity contribution in [2.75, 3.05) is 25.7 Å². The standard InChI is InChI=1S/C14H20O3S2/c1-9-14(19-7-6-18-9)13(15)11-8-10(16-2)4-5-12(11)17-3/h4-5,8-9,13-15H,6-7H2,1-3H3. The zero-order valence-electron chi connectivity index (χ0n) is 11.5. The van der Waals surface area contributed by atoms with Crippen LogP contribution in [-0.4, -0.2) is 41.3 Å². The van der Waals surface area contributed by atoms with E-state index in [9.17, 15) is 5.11 Å². The van der Waals surface area contributed by atoms with E-state index in [0.717, 1.165) is 28.6 Å². The van der Waals surface area contributed by atoms with E-state index in [1.165, 1.54) is 0 Å². The van der Waals surface area contributed by atoms with Crippen LogP contribution in [0.4, 0.5) is 0 Å². The average molecular weight is 300 g/mol. The lowest BCUT2D eigenvalue weighted by molar-refractivity contribution is 0.169. The SMILES string of the molecule is COc1ccc(OC)c(C(O)C2SCCSC2C)c1. The fraction of sp³-hybridized carbons (Fsp3) is 0.571. The maximum Gasteiger partial charge on any atom is 0.124 e. The van der Waals surface area contributed by atoms with E-state index < -0.39 is 6.10 Å². The molecule has 0 aliphatic carbocycles. The molecule has 3 atom stereocenters. The summed E-state index contributed by atoms with van der Waals surface area (Å²) < 4.78 is 10.6. The number of aliphatic hydroxyl groups excluding tert-OH is 1. The number of thioether (sulfide) groups is 2. The first kappa shape index (κ1) is 14.9. The Morgan fingerprint density at radius 2 is 1.95 bits per heavy atom. The first-order chi connectivity index (χ1) is 9.17. The molecule has 3 unspecified atom stereocenters. The van der Waals surface area contributed by atoms with Crippen molar-refractivity contribution in [2.24, 2.45) is 0 Å². The van der Waals surface area contributed by atoms with Crippen LogP contribution >= 0.6 is 23.5 Å². The maximum absolute atomic E-state index is 10.7. The first-order valence-electron chi connectivity index (χ1n) is 6.30. The van der Waals surface area contributed by atoms with Gasteiger partial charge in [-0.05, 0) is 18.2 Å². The molecule has 1 aromatic carbocycles. The Kier molecular flexibility index (Phi) is 5.30. The van der Waals surface area contributed by atoms with Gasteiger partial charge in [0.15, 0.2) is 0 Å². The zero-order valence-corrected chi connectivity index (χ0v) is 13.1. The van der Waals surface area contributed by atoms with Crippen LogP contribution < -0.4 is 9.47 Å². The van der Waals surface area contributed by atoms with Crippen LogP contribution in [-0.2, 0) is 0 Å². The smallest absolute Gasteiger partial charge is 0.124 e. The maximum atomic E-state index is 10.7. The highest BCUT2D eigenvalue weighted by atomic mass is 32.2. The van der Waals surface area contributed by atoms with Gasteiger partial charge in [-0.1, -0.05) is 6.92 Å². The van der Waals surface area contributed by atoms with Crippen molar-refractivity contribution < 1.29 is 14.6 Å². The Morgan fingerprint density at radius 1 is 1.21 bits per heavy atom. The van der Waals surface area contributed by atoms with E-state index in [2.05, 4.69) is 6.92 Å². The second kappa shape index (κ2) is 6.77. The van der Waals surface area contributed by atoms with Gasteiger partial charge in [-0.3, -0.25) is 0 Å². The Balaban J connectivity index is 2.27. The Bertz CT molecular complexity index is 425. The molecule has 106 valence electrons. The van der Waals surface area contributed by atoms with Gasteiger partial charge >= 0.3 is 0 Å². The third-order valence-corrected chi connectivity index (χ3v) is 6.48. The molecule has 19 heavy (non-hydrogen) atoms. The lowest BCUT2D eigenvalue weighted by atomic mass is 10.0. The monoisotopic (exact) mass is 300 g/mol. The highest BCUT2D eigenvalue weighted by Crippen LogP contribution is 2.41. The van der Waals surface area contributed by atoms with Crippen LogP contribution in [0.1, 0.15) is 18.6 Å². The molecule has 1 aliphatic heterocycles. The van der Waals surface area contributed by atoms with Crippen LogP contribution in [0.3, 0.4) is 0 Å². The number of methoxy groups -OCH3 is 2. The predicted molar refractivity (Wildman–Crippen MR) is 82.7 cm³/mol. The van der Waals surface area contributed by atoms with Crippen molar-refractivity contribution in [3.8, 4) is 11.5 Å². The van der Waals surface area contributed by atoms with Crippen LogP contribution in [0.15, 0.2) is 18.2 Å². The molecule has 2 rings (SSSR count). The molecule has 1 aromatic rings. The first-order valence-corrected chi connectivity index (χ1v) is 8.40. The number of ether oxygens (including phenoxy) is 2. The van der Waals surface area contributed by atoms with E-state index in [1.54, 1.807) is 14.2 Å². The van der Waals surface area contributed by atoms with Gasteiger partial charge in [0.2, 0.25) is 0 Å². The number of hydrogen-bond acceptors (Lipinski definition) is 5. The topological polar surface area (TPSA) is 38.7 Å². The second-order valence-corrected chi connectivity index (χ2v) is 7.24. The predicted octanol–water partition coefficient (Wildman–Crippen LogP) is 2.97. The molecule has 0 amide bonds. The lowest BCUT2D eigenvalue weighted by Crippen LogP contribution is -2.29. The minimum atomic E-state index is -0.530. The summed E-state index contributed by atoms with van der Waals surface area (Å²) in [5.41, 5.74) is 0.814. The number of hydrogen-bond donors (Lipinski definition) is 1. The minimum Gasteiger partial charge on any atom is -0.497 e. The van der Waals surface area contributed by atoms with Gasteiger partial charge in [0, 0.05) is 27.6 Å². The molecule has 1 N–H and O–H groups in total. The van der Waals surface area contributed by atoms with E-state index >= 15 is 0 Å². The fourth-order valence-electron chi connectivity index (χ4n) is 2.24. The van der Waals surface area contributed by atoms with Gasteiger partial charge in [-0.25, -0.2) is 0 Å². The van der Waals surface area contributed by atoms with Crippen molar-refractivity contribution >= 4 is 23.5 Å². The molecule has 3 nitrogen and oxygen atoms in total. The summed E-state index contributed by atoms with van der Waals surface area (Å²) in [5, 5.41) is 11.3. The summed E-state index contributed by atoms with van der Waals surface area (Å²) in [6, 6.07) is 5.57. The summed E-state index contributed by atoms with van der Waals surface area (Å²) in [6.45, 7) is 2.18. The normalized spacial score (nSPS) is 24.8. The molecule has 0 radical (unpaired) electrons. The van der Waals surface area contributed by atoms with Gasteiger partial charge in [0.25, 0.3) is 0 Å². The Morgan fingerprint density at radius 3 is 2.58 bits per heavy atom. The molecule has 0 aromatic heterocycles. The third-order valence-electron chi connectivity index (χ3n) is 3.30. The molecule has 0 saturated carbocycles. The van der Waals surface area contributed by atoms with Gasteiger partial charge in [0.1, 0.15) is 11.5 Å². The average Bonchev–Trinajstić information content (AvgIpc) is 2.46. The number of rotatable bonds is 4. The van der Waals surface area contributed by atoms with Crippen molar-refractivity contribution in [1.82, 2.24) is 0 Å². The molecule has 1 heterocycles. The second-order valence-electron chi connectivity index (χ2n) is 4.46. The highest BCUT2D eigenvalue weighted by molar-refractivity contribution is 8.07. The fourth-order valence-corrected chi connectivity index (χ4v) is 5.07. The summed E-state index contributed by atoms with van der Waals surface area (Å²) in [4.78, 5) is 0. The summed E-state index contributed by atoms with van der Waals surface area (Å²) in [5.74, 6) is 3.71. The van der Waals surface area contributed by atoms with Gasteiger partial charge < -0.3 is 14.6 Å². The van der Waals surface area contributed by atoms with E-state index in [0.29, 0.717) is 5.25 Å². The summed E-state index contributed by atoms with van der Waals surface area (Å²) in [6.07, 6.45) is -0.530. The summed E-state index contributed by atoms with van der Waals surface area (Å²) >= 11 is 3.76. The Hall–Kier alpha value is -0.520. The van der Waals surface area contributed by atoms with E-state index in [-0.39, 0.29) is 5.25 Å². The van der Waals surface area contributed by atoms with Gasteiger partial charge in [0.05, 0.1) is 20.3 Å². The minimum absolute atomic E-state index is 0.194. The van der Waals surface area contributed by atoms with Crippen LogP contribution in [0, 0.1) is 0 Å². The Labute approximate surface area is 123 Å². The van der Waals surface area contributed by atoms with Crippen LogP contribution in [0.2, 0.25) is 0 Å². The number of benzene rings is 1.